The number of nitrogens with zero attached hydrogens (tertiary/aromatic N) is 1. The van der Waals surface area contributed by atoms with Gasteiger partial charge in [-0.15, -0.1) is 11.8 Å². The molecule has 1 heterocycles. The Morgan fingerprint density at radius 2 is 1.88 bits per heavy atom. The minimum Gasteiger partial charge on any atom is -0.273 e. The number of rotatable bonds is 5. The summed E-state index contributed by atoms with van der Waals surface area (Å²) < 4.78 is 1.14. The molecule has 3 rings (SSSR count). The van der Waals surface area contributed by atoms with Gasteiger partial charge in [0.1, 0.15) is 0 Å². The molecule has 24 heavy (non-hydrogen) atoms. The van der Waals surface area contributed by atoms with Gasteiger partial charge in [0.15, 0.2) is 0 Å². The number of hydrogen-bond donors (Lipinski definition) is 2. The summed E-state index contributed by atoms with van der Waals surface area (Å²) in [6, 6.07) is 11.6. The molecule has 124 valence electrons. The Labute approximate surface area is 153 Å². The van der Waals surface area contributed by atoms with Gasteiger partial charge in [0.25, 0.3) is 0 Å². The lowest BCUT2D eigenvalue weighted by molar-refractivity contribution is -0.118. The minimum absolute atomic E-state index is 0.109. The molecule has 2 N–H and O–H groups in total. The number of fused-ring (bicyclic) bond motifs is 1. The molecule has 0 aliphatic carbocycles. The van der Waals surface area contributed by atoms with E-state index < -0.39 is 0 Å². The van der Waals surface area contributed by atoms with Crippen molar-refractivity contribution in [2.45, 2.75) is 18.7 Å². The molecule has 0 atom stereocenters. The minimum atomic E-state index is -0.109. The highest BCUT2D eigenvalue weighted by Gasteiger charge is 2.09. The number of halogens is 1. The molecular weight excluding hydrogens is 362 g/mol. The average molecular weight is 378 g/mol. The summed E-state index contributed by atoms with van der Waals surface area (Å²) in [4.78, 5) is 17.5. The molecule has 0 aliphatic heterocycles. The summed E-state index contributed by atoms with van der Waals surface area (Å²) in [5.74, 6) is 0.208. The van der Waals surface area contributed by atoms with Crippen molar-refractivity contribution in [2.75, 3.05) is 11.2 Å². The molecule has 7 heteroatoms. The molecule has 1 amide bonds. The third-order valence-corrected chi connectivity index (χ3v) is 5.80. The van der Waals surface area contributed by atoms with Crippen molar-refractivity contribution in [3.63, 3.8) is 0 Å². The predicted octanol–water partition coefficient (Wildman–Crippen LogP) is 4.80. The molecule has 0 saturated carbocycles. The highest BCUT2D eigenvalue weighted by Crippen LogP contribution is 2.30. The van der Waals surface area contributed by atoms with E-state index in [1.54, 1.807) is 0 Å². The maximum absolute atomic E-state index is 12.0. The zero-order chi connectivity index (χ0) is 17.1. The molecule has 0 saturated heterocycles. The van der Waals surface area contributed by atoms with Crippen LogP contribution in [0.2, 0.25) is 5.02 Å². The van der Waals surface area contributed by atoms with Crippen LogP contribution in [0, 0.1) is 13.8 Å². The lowest BCUT2D eigenvalue weighted by Gasteiger charge is -2.05. The first-order valence-electron chi connectivity index (χ1n) is 7.33. The number of nitrogens with one attached hydrogen (secondary N) is 2. The standard InChI is InChI=1S/C17H16ClN3OS2/c1-10-3-4-11(2)16-15(10)19-17(24-16)21-20-14(22)9-23-13-7-5-12(18)6-8-13/h3-8H,9H2,1-2H3,(H,19,21)(H,20,22). The van der Waals surface area contributed by atoms with Crippen molar-refractivity contribution >= 4 is 56.0 Å². The molecule has 4 nitrogen and oxygen atoms in total. The lowest BCUT2D eigenvalue weighted by atomic mass is 10.1. The van der Waals surface area contributed by atoms with Crippen LogP contribution < -0.4 is 10.9 Å². The second-order valence-electron chi connectivity index (χ2n) is 5.31. The molecule has 0 spiro atoms. The quantitative estimate of drug-likeness (QED) is 0.495. The Balaban J connectivity index is 1.57. The van der Waals surface area contributed by atoms with E-state index in [0.29, 0.717) is 15.9 Å². The fourth-order valence-corrected chi connectivity index (χ4v) is 3.94. The van der Waals surface area contributed by atoms with Crippen LogP contribution in [0.1, 0.15) is 11.1 Å². The second kappa shape index (κ2) is 7.42. The molecule has 0 fully saturated rings. The predicted molar refractivity (Wildman–Crippen MR) is 103 cm³/mol. The summed E-state index contributed by atoms with van der Waals surface area (Å²) in [7, 11) is 0. The molecule has 0 radical (unpaired) electrons. The van der Waals surface area contributed by atoms with Gasteiger partial charge < -0.3 is 0 Å². The van der Waals surface area contributed by atoms with E-state index in [4.69, 9.17) is 11.6 Å². The number of hydrazine groups is 1. The van der Waals surface area contributed by atoms with Crippen LogP contribution in [0.5, 0.6) is 0 Å². The Bertz CT molecular complexity index is 838. The molecule has 3 aromatic rings. The Kier molecular flexibility index (Phi) is 5.28. The third kappa shape index (κ3) is 4.01. The van der Waals surface area contributed by atoms with Crippen molar-refractivity contribution < 1.29 is 4.79 Å². The first kappa shape index (κ1) is 17.1. The van der Waals surface area contributed by atoms with Gasteiger partial charge in [-0.25, -0.2) is 4.98 Å². The van der Waals surface area contributed by atoms with Gasteiger partial charge in [-0.1, -0.05) is 35.1 Å². The summed E-state index contributed by atoms with van der Waals surface area (Å²) in [6.45, 7) is 4.09. The number of anilines is 1. The monoisotopic (exact) mass is 377 g/mol. The van der Waals surface area contributed by atoms with E-state index in [1.807, 2.05) is 31.2 Å². The van der Waals surface area contributed by atoms with E-state index in [1.165, 1.54) is 28.7 Å². The van der Waals surface area contributed by atoms with E-state index in [9.17, 15) is 4.79 Å². The van der Waals surface area contributed by atoms with Gasteiger partial charge in [-0.3, -0.25) is 15.6 Å². The number of thiazole rings is 1. The van der Waals surface area contributed by atoms with Crippen LogP contribution in [0.4, 0.5) is 5.13 Å². The highest BCUT2D eigenvalue weighted by atomic mass is 35.5. The number of amides is 1. The maximum atomic E-state index is 12.0. The van der Waals surface area contributed by atoms with E-state index in [-0.39, 0.29) is 5.91 Å². The van der Waals surface area contributed by atoms with Gasteiger partial charge in [-0.2, -0.15) is 0 Å². The third-order valence-electron chi connectivity index (χ3n) is 3.43. The van der Waals surface area contributed by atoms with E-state index >= 15 is 0 Å². The Morgan fingerprint density at radius 1 is 1.17 bits per heavy atom. The Morgan fingerprint density at radius 3 is 2.58 bits per heavy atom. The molecule has 2 aromatic carbocycles. The average Bonchev–Trinajstić information content (AvgIpc) is 3.01. The first-order chi connectivity index (χ1) is 11.5. The fraction of sp³-hybridized carbons (Fsp3) is 0.176. The number of aromatic nitrogens is 1. The van der Waals surface area contributed by atoms with Gasteiger partial charge in [0, 0.05) is 9.92 Å². The normalized spacial score (nSPS) is 10.8. The summed E-state index contributed by atoms with van der Waals surface area (Å²) in [6.07, 6.45) is 0. The molecule has 0 unspecified atom stereocenters. The second-order valence-corrected chi connectivity index (χ2v) is 7.80. The number of aryl methyl sites for hydroxylation is 2. The summed E-state index contributed by atoms with van der Waals surface area (Å²) in [5.41, 5.74) is 8.89. The lowest BCUT2D eigenvalue weighted by Crippen LogP contribution is -2.30. The van der Waals surface area contributed by atoms with Gasteiger partial charge >= 0.3 is 0 Å². The van der Waals surface area contributed by atoms with Gasteiger partial charge in [-0.05, 0) is 49.2 Å². The molecule has 0 aliphatic rings. The van der Waals surface area contributed by atoms with Crippen LogP contribution in [-0.2, 0) is 4.79 Å². The van der Waals surface area contributed by atoms with Gasteiger partial charge in [0.05, 0.1) is 16.0 Å². The maximum Gasteiger partial charge on any atom is 0.248 e. The molecule has 1 aromatic heterocycles. The molecular formula is C17H16ClN3OS2. The topological polar surface area (TPSA) is 54.0 Å². The number of hydrogen-bond acceptors (Lipinski definition) is 5. The number of carbonyl (C=O) groups excluding carboxylic acids is 1. The van der Waals surface area contributed by atoms with Crippen LogP contribution in [-0.4, -0.2) is 16.6 Å². The first-order valence-corrected chi connectivity index (χ1v) is 9.51. The van der Waals surface area contributed by atoms with Gasteiger partial charge in [0.2, 0.25) is 11.0 Å². The van der Waals surface area contributed by atoms with Crippen molar-refractivity contribution in [1.82, 2.24) is 10.4 Å². The van der Waals surface area contributed by atoms with E-state index in [0.717, 1.165) is 20.7 Å². The SMILES string of the molecule is Cc1ccc(C)c2sc(NNC(=O)CSc3ccc(Cl)cc3)nc12. The van der Waals surface area contributed by atoms with Crippen molar-refractivity contribution in [3.05, 3.63) is 52.5 Å². The zero-order valence-corrected chi connectivity index (χ0v) is 15.6. The summed E-state index contributed by atoms with van der Waals surface area (Å²) >= 11 is 8.84. The number of benzene rings is 2. The largest absolute Gasteiger partial charge is 0.273 e. The number of thioether (sulfide) groups is 1. The highest BCUT2D eigenvalue weighted by molar-refractivity contribution is 8.00. The Hall–Kier alpha value is -1.76. The van der Waals surface area contributed by atoms with Crippen LogP contribution in [0.15, 0.2) is 41.3 Å². The van der Waals surface area contributed by atoms with Crippen LogP contribution >= 0.6 is 34.7 Å². The van der Waals surface area contributed by atoms with Crippen molar-refractivity contribution in [3.8, 4) is 0 Å². The van der Waals surface area contributed by atoms with E-state index in [2.05, 4.69) is 34.9 Å². The van der Waals surface area contributed by atoms with Crippen molar-refractivity contribution in [1.29, 1.82) is 0 Å². The fourth-order valence-electron chi connectivity index (χ4n) is 2.15. The molecule has 0 bridgehead atoms. The van der Waals surface area contributed by atoms with Crippen molar-refractivity contribution in [2.24, 2.45) is 0 Å². The number of carbonyl (C=O) groups is 1. The zero-order valence-electron chi connectivity index (χ0n) is 13.2. The van der Waals surface area contributed by atoms with Crippen LogP contribution in [0.25, 0.3) is 10.2 Å². The smallest absolute Gasteiger partial charge is 0.248 e. The van der Waals surface area contributed by atoms with Crippen LogP contribution in [0.3, 0.4) is 0 Å². The summed E-state index contributed by atoms with van der Waals surface area (Å²) in [5, 5.41) is 1.37.